The lowest BCUT2D eigenvalue weighted by Gasteiger charge is -2.28. The van der Waals surface area contributed by atoms with Gasteiger partial charge in [-0.05, 0) is 75.5 Å². The van der Waals surface area contributed by atoms with E-state index in [1.165, 1.54) is 6.92 Å². The number of aromatic amines is 1. The van der Waals surface area contributed by atoms with Crippen LogP contribution in [0.15, 0.2) is 35.5 Å². The number of aliphatic carboxylic acids is 2. The monoisotopic (exact) mass is 941 g/mol. The molecule has 3 rings (SSSR count). The summed E-state index contributed by atoms with van der Waals surface area (Å²) in [5, 5.41) is 41.0. The Labute approximate surface area is 388 Å². The molecule has 1 aromatic heterocycles. The first kappa shape index (κ1) is 54.6. The molecule has 0 radical (unpaired) electrons. The van der Waals surface area contributed by atoms with Crippen molar-refractivity contribution in [2.75, 3.05) is 19.6 Å². The summed E-state index contributed by atoms with van der Waals surface area (Å²) in [4.78, 5) is 125. The number of hydrogen-bond acceptors (Lipinski definition) is 11. The van der Waals surface area contributed by atoms with Crippen molar-refractivity contribution in [1.82, 2.24) is 47.5 Å². The number of fused-ring (bicyclic) bond motifs is 1. The predicted molar refractivity (Wildman–Crippen MR) is 247 cm³/mol. The number of aliphatic imine (C=N–C) groups is 1. The van der Waals surface area contributed by atoms with Gasteiger partial charge in [-0.1, -0.05) is 52.3 Å². The van der Waals surface area contributed by atoms with Crippen LogP contribution in [-0.2, 0) is 49.6 Å². The Bertz CT molecular complexity index is 2080. The molecule has 7 amide bonds. The number of carboxylic acid groups (broad SMARTS) is 2. The Morgan fingerprint density at radius 2 is 1.46 bits per heavy atom. The molecule has 67 heavy (non-hydrogen) atoms. The van der Waals surface area contributed by atoms with Crippen LogP contribution in [0.5, 0.6) is 0 Å². The lowest BCUT2D eigenvalue weighted by Crippen LogP contribution is -2.59. The Kier molecular flexibility index (Phi) is 22.0. The van der Waals surface area contributed by atoms with Gasteiger partial charge >= 0.3 is 11.9 Å². The molecular formula is C44H68N12O11. The predicted octanol–water partition coefficient (Wildman–Crippen LogP) is -1.40. The van der Waals surface area contributed by atoms with Gasteiger partial charge in [-0.25, -0.2) is 4.79 Å². The number of benzene rings is 1. The zero-order valence-corrected chi connectivity index (χ0v) is 38.7. The number of aromatic nitrogens is 1. The molecule has 1 aliphatic heterocycles. The lowest BCUT2D eigenvalue weighted by molar-refractivity contribution is -0.142. The summed E-state index contributed by atoms with van der Waals surface area (Å²) in [6, 6.07) is -0.692. The van der Waals surface area contributed by atoms with Crippen molar-refractivity contribution in [2.45, 2.75) is 135 Å². The normalized spacial score (nSPS) is 16.5. The fraction of sp³-hybridized carbons (Fsp3) is 0.591. The van der Waals surface area contributed by atoms with Crippen LogP contribution < -0.4 is 54.0 Å². The van der Waals surface area contributed by atoms with E-state index in [1.807, 2.05) is 24.3 Å². The van der Waals surface area contributed by atoms with Crippen LogP contribution in [0.25, 0.3) is 10.9 Å². The number of carboxylic acids is 2. The van der Waals surface area contributed by atoms with Crippen LogP contribution in [0, 0.1) is 11.8 Å². The highest BCUT2D eigenvalue weighted by Crippen LogP contribution is 2.20. The zero-order valence-electron chi connectivity index (χ0n) is 38.7. The van der Waals surface area contributed by atoms with Gasteiger partial charge in [0.2, 0.25) is 41.4 Å². The molecule has 23 heteroatoms. The number of guanidine groups is 1. The molecule has 1 fully saturated rings. The largest absolute Gasteiger partial charge is 0.481 e. The van der Waals surface area contributed by atoms with Gasteiger partial charge in [0.15, 0.2) is 5.96 Å². The third-order valence-electron chi connectivity index (χ3n) is 11.3. The molecule has 370 valence electrons. The van der Waals surface area contributed by atoms with Gasteiger partial charge in [-0.2, -0.15) is 0 Å². The topological polar surface area (TPSA) is 371 Å². The lowest BCUT2D eigenvalue weighted by atomic mass is 9.97. The van der Waals surface area contributed by atoms with Crippen LogP contribution in [0.4, 0.5) is 0 Å². The fourth-order valence-corrected chi connectivity index (χ4v) is 7.34. The van der Waals surface area contributed by atoms with Crippen LogP contribution >= 0.6 is 0 Å². The van der Waals surface area contributed by atoms with Gasteiger partial charge in [0, 0.05) is 36.5 Å². The maximum atomic E-state index is 13.8. The van der Waals surface area contributed by atoms with E-state index in [0.29, 0.717) is 19.4 Å². The Morgan fingerprint density at radius 1 is 0.791 bits per heavy atom. The van der Waals surface area contributed by atoms with E-state index in [9.17, 15) is 53.4 Å². The molecule has 15 N–H and O–H groups in total. The third kappa shape index (κ3) is 18.2. The average molecular weight is 941 g/mol. The van der Waals surface area contributed by atoms with Crippen molar-refractivity contribution >= 4 is 70.2 Å². The van der Waals surface area contributed by atoms with Crippen LogP contribution in [0.1, 0.15) is 91.5 Å². The summed E-state index contributed by atoms with van der Waals surface area (Å²) in [6.45, 7) is 8.50. The van der Waals surface area contributed by atoms with Crippen molar-refractivity contribution in [3.05, 3.63) is 36.0 Å². The van der Waals surface area contributed by atoms with Gasteiger partial charge in [0.1, 0.15) is 36.3 Å². The maximum Gasteiger partial charge on any atom is 0.326 e. The van der Waals surface area contributed by atoms with E-state index in [1.54, 1.807) is 33.9 Å². The van der Waals surface area contributed by atoms with Crippen molar-refractivity contribution in [3.8, 4) is 0 Å². The summed E-state index contributed by atoms with van der Waals surface area (Å²) >= 11 is 0. The standard InChI is InChI=1S/C44H68N12O11/c1-6-24(4)36(56-34(57)22-50-38(61)33(55-39(62)29-13-9-17-47-29)20-26-21-49-28-12-8-7-11-27(26)28)42(65)52-30(15-16-35(58)59)40(63)51-25(5)37(60)54-32(19-23(2)3)41(64)53-31(43(66)67)14-10-18-48-44(45)46/h7-8,11-12,21,23-25,29-33,36,47,49H,6,9-10,13-20,22H2,1-5H3,(H,50,61)(H,51,63)(H,52,65)(H,53,64)(H,54,60)(H,55,62)(H,56,57)(H,58,59)(H,66,67)(H4,45,46,48)/t24-,25-,29-,30-,31-,32-,33-,36-/m0/s1. The summed E-state index contributed by atoms with van der Waals surface area (Å²) in [5.41, 5.74) is 12.2. The quantitative estimate of drug-likeness (QED) is 0.0265. The first-order valence-corrected chi connectivity index (χ1v) is 22.6. The zero-order chi connectivity index (χ0) is 49.8. The van der Waals surface area contributed by atoms with Crippen LogP contribution in [0.3, 0.4) is 0 Å². The molecule has 0 saturated carbocycles. The summed E-state index contributed by atoms with van der Waals surface area (Å²) < 4.78 is 0. The van der Waals surface area contributed by atoms with Crippen molar-refractivity contribution < 1.29 is 53.4 Å². The maximum absolute atomic E-state index is 13.8. The van der Waals surface area contributed by atoms with E-state index in [-0.39, 0.29) is 50.0 Å². The highest BCUT2D eigenvalue weighted by Gasteiger charge is 2.34. The minimum atomic E-state index is -1.50. The number of nitrogens with two attached hydrogens (primary N) is 2. The summed E-state index contributed by atoms with van der Waals surface area (Å²) in [5.74, 6) is -8.59. The molecule has 2 heterocycles. The SMILES string of the molecule is CC[C@H](C)[C@H](NC(=O)CNC(=O)[C@H](Cc1c[nH]c2ccccc12)NC(=O)[C@@H]1CCCN1)C(=O)N[C@@H](CCC(=O)O)C(=O)N[C@@H](C)C(=O)N[C@@H](CC(C)C)C(=O)N[C@@H](CCCN=C(N)N)C(=O)O. The second-order valence-electron chi connectivity index (χ2n) is 17.2. The number of nitrogens with zero attached hydrogens (tertiary/aromatic N) is 1. The number of nitrogens with one attached hydrogen (secondary N) is 9. The second-order valence-corrected chi connectivity index (χ2v) is 17.2. The number of para-hydroxylation sites is 1. The van der Waals surface area contributed by atoms with Gasteiger partial charge in [0.25, 0.3) is 0 Å². The van der Waals surface area contributed by atoms with Gasteiger partial charge in [-0.15, -0.1) is 0 Å². The Hall–Kier alpha value is -6.78. The average Bonchev–Trinajstić information content (AvgIpc) is 3.97. The van der Waals surface area contributed by atoms with Crippen molar-refractivity contribution in [1.29, 1.82) is 0 Å². The number of carbonyl (C=O) groups excluding carboxylic acids is 7. The minimum Gasteiger partial charge on any atom is -0.481 e. The van der Waals surface area contributed by atoms with E-state index in [0.717, 1.165) is 22.9 Å². The number of H-pyrrole nitrogens is 1. The minimum absolute atomic E-state index is 0.0127. The first-order chi connectivity index (χ1) is 31.7. The summed E-state index contributed by atoms with van der Waals surface area (Å²) in [7, 11) is 0. The number of carbonyl (C=O) groups is 9. The van der Waals surface area contributed by atoms with E-state index in [4.69, 9.17) is 11.5 Å². The molecular weight excluding hydrogens is 873 g/mol. The molecule has 0 spiro atoms. The number of amides is 7. The third-order valence-corrected chi connectivity index (χ3v) is 11.3. The van der Waals surface area contributed by atoms with Crippen molar-refractivity contribution in [3.63, 3.8) is 0 Å². The number of hydrogen-bond donors (Lipinski definition) is 13. The highest BCUT2D eigenvalue weighted by atomic mass is 16.4. The molecule has 0 unspecified atom stereocenters. The molecule has 8 atom stereocenters. The molecule has 1 aliphatic rings. The van der Waals surface area contributed by atoms with Crippen LogP contribution in [0.2, 0.25) is 0 Å². The number of rotatable bonds is 28. The van der Waals surface area contributed by atoms with Gasteiger partial charge < -0.3 is 69.2 Å². The van der Waals surface area contributed by atoms with E-state index < -0.39 is 115 Å². The van der Waals surface area contributed by atoms with Gasteiger partial charge in [-0.3, -0.25) is 43.3 Å². The van der Waals surface area contributed by atoms with Crippen molar-refractivity contribution in [2.24, 2.45) is 28.3 Å². The van der Waals surface area contributed by atoms with Crippen LogP contribution in [-0.4, -0.2) is 136 Å². The Morgan fingerprint density at radius 3 is 2.09 bits per heavy atom. The molecule has 1 aromatic carbocycles. The highest BCUT2D eigenvalue weighted by molar-refractivity contribution is 5.97. The molecule has 23 nitrogen and oxygen atoms in total. The first-order valence-electron chi connectivity index (χ1n) is 22.6. The van der Waals surface area contributed by atoms with E-state index >= 15 is 0 Å². The molecule has 2 aromatic rings. The molecule has 1 saturated heterocycles. The second kappa shape index (κ2) is 27.0. The fourth-order valence-electron chi connectivity index (χ4n) is 7.34. The van der Waals surface area contributed by atoms with Gasteiger partial charge in [0.05, 0.1) is 12.6 Å². The van der Waals surface area contributed by atoms with E-state index in [2.05, 4.69) is 52.5 Å². The molecule has 0 aliphatic carbocycles. The molecule has 0 bridgehead atoms. The Balaban J connectivity index is 1.69. The smallest absolute Gasteiger partial charge is 0.326 e. The summed E-state index contributed by atoms with van der Waals surface area (Å²) in [6.07, 6.45) is 2.98.